The highest BCUT2D eigenvalue weighted by atomic mass is 19.4. The standard InChI is InChI=1S/C25H20F3N7/c1-15-21(13-30)22(18-9-7-16(12-29)8-10-18)35-24(32-23(33-35)31-14-17-5-6-17)34(15)20-4-2-3-19(11-20)25(26,27)28/h2-4,7-11,17,22H,5-6,14H2,1H3,(H,31,33)/t22-/m1/s1. The minimum atomic E-state index is -4.52. The van der Waals surface area contributed by atoms with Gasteiger partial charge in [0.05, 0.1) is 28.8 Å². The second kappa shape index (κ2) is 8.48. The van der Waals surface area contributed by atoms with Gasteiger partial charge in [0.2, 0.25) is 11.9 Å². The minimum Gasteiger partial charge on any atom is -0.353 e. The Labute approximate surface area is 199 Å². The van der Waals surface area contributed by atoms with Crippen LogP contribution in [0.25, 0.3) is 0 Å². The summed E-state index contributed by atoms with van der Waals surface area (Å²) in [4.78, 5) is 6.15. The summed E-state index contributed by atoms with van der Waals surface area (Å²) < 4.78 is 41.9. The summed E-state index contributed by atoms with van der Waals surface area (Å²) in [5, 5.41) is 27.1. The van der Waals surface area contributed by atoms with Crippen LogP contribution >= 0.6 is 0 Å². The van der Waals surface area contributed by atoms with E-state index in [9.17, 15) is 18.4 Å². The number of nitrogens with one attached hydrogen (secondary N) is 1. The zero-order valence-corrected chi connectivity index (χ0v) is 18.7. The summed E-state index contributed by atoms with van der Waals surface area (Å²) in [6.45, 7) is 2.39. The van der Waals surface area contributed by atoms with Crippen molar-refractivity contribution in [1.29, 1.82) is 10.5 Å². The number of benzene rings is 2. The van der Waals surface area contributed by atoms with Gasteiger partial charge in [-0.05, 0) is 61.6 Å². The average molecular weight is 475 g/mol. The van der Waals surface area contributed by atoms with Crippen LogP contribution in [0.3, 0.4) is 0 Å². The van der Waals surface area contributed by atoms with E-state index >= 15 is 0 Å². The summed E-state index contributed by atoms with van der Waals surface area (Å²) >= 11 is 0. The minimum absolute atomic E-state index is 0.228. The highest BCUT2D eigenvalue weighted by Gasteiger charge is 2.37. The molecular weight excluding hydrogens is 455 g/mol. The Kier molecular flexibility index (Phi) is 5.45. The number of anilines is 3. The molecule has 1 atom stereocenters. The van der Waals surface area contributed by atoms with Crippen LogP contribution < -0.4 is 10.2 Å². The lowest BCUT2D eigenvalue weighted by atomic mass is 9.95. The molecule has 35 heavy (non-hydrogen) atoms. The van der Waals surface area contributed by atoms with Crippen LogP contribution in [0.15, 0.2) is 59.8 Å². The zero-order valence-electron chi connectivity index (χ0n) is 18.7. The lowest BCUT2D eigenvalue weighted by molar-refractivity contribution is -0.137. The number of alkyl halides is 3. The highest BCUT2D eigenvalue weighted by molar-refractivity contribution is 5.69. The molecule has 2 aromatic carbocycles. The van der Waals surface area contributed by atoms with Crippen LogP contribution in [0.5, 0.6) is 0 Å². The van der Waals surface area contributed by atoms with Crippen LogP contribution in [-0.4, -0.2) is 21.3 Å². The number of nitrogens with zero attached hydrogens (tertiary/aromatic N) is 6. The fourth-order valence-electron chi connectivity index (χ4n) is 4.18. The summed E-state index contributed by atoms with van der Waals surface area (Å²) in [6.07, 6.45) is -2.26. The third kappa shape index (κ3) is 4.19. The molecule has 0 saturated heterocycles. The van der Waals surface area contributed by atoms with Gasteiger partial charge < -0.3 is 5.32 Å². The number of hydrogen-bond donors (Lipinski definition) is 1. The first-order valence-electron chi connectivity index (χ1n) is 11.1. The number of halogens is 3. The topological polar surface area (TPSA) is 93.6 Å². The van der Waals surface area contributed by atoms with Crippen molar-refractivity contribution < 1.29 is 13.2 Å². The van der Waals surface area contributed by atoms with Gasteiger partial charge >= 0.3 is 6.18 Å². The SMILES string of the molecule is CC1=C(C#N)[C@@H](c2ccc(C#N)cc2)n2nc(NCC3CC3)nc2N1c1cccc(C(F)(F)F)c1. The first kappa shape index (κ1) is 22.5. The molecule has 3 aromatic rings. The molecule has 2 aliphatic rings. The number of nitriles is 2. The van der Waals surface area contributed by atoms with Crippen molar-refractivity contribution in [2.75, 3.05) is 16.8 Å². The second-order valence-corrected chi connectivity index (χ2v) is 8.63. The molecule has 0 unspecified atom stereocenters. The zero-order chi connectivity index (χ0) is 24.7. The van der Waals surface area contributed by atoms with Crippen molar-refractivity contribution in [3.05, 3.63) is 76.5 Å². The molecule has 1 N–H and O–H groups in total. The van der Waals surface area contributed by atoms with Crippen molar-refractivity contribution in [3.63, 3.8) is 0 Å². The third-order valence-electron chi connectivity index (χ3n) is 6.21. The molecule has 5 rings (SSSR count). The molecule has 1 fully saturated rings. The first-order valence-corrected chi connectivity index (χ1v) is 11.1. The van der Waals surface area contributed by atoms with E-state index in [0.29, 0.717) is 46.8 Å². The quantitative estimate of drug-likeness (QED) is 0.522. The van der Waals surface area contributed by atoms with Gasteiger partial charge in [-0.3, -0.25) is 4.90 Å². The first-order chi connectivity index (χ1) is 16.8. The van der Waals surface area contributed by atoms with Gasteiger partial charge in [0.1, 0.15) is 6.04 Å². The van der Waals surface area contributed by atoms with E-state index in [4.69, 9.17) is 5.26 Å². The molecule has 0 bridgehead atoms. The Bertz CT molecular complexity index is 1390. The fourth-order valence-corrected chi connectivity index (χ4v) is 4.18. The van der Waals surface area contributed by atoms with Gasteiger partial charge in [-0.1, -0.05) is 18.2 Å². The van der Waals surface area contributed by atoms with E-state index in [1.807, 2.05) is 0 Å². The van der Waals surface area contributed by atoms with E-state index in [0.717, 1.165) is 25.0 Å². The Balaban J connectivity index is 1.66. The maximum atomic E-state index is 13.5. The molecule has 176 valence electrons. The van der Waals surface area contributed by atoms with E-state index in [2.05, 4.69) is 27.5 Å². The smallest absolute Gasteiger partial charge is 0.353 e. The maximum absolute atomic E-state index is 13.5. The number of rotatable bonds is 5. The predicted octanol–water partition coefficient (Wildman–Crippen LogP) is 5.53. The van der Waals surface area contributed by atoms with Crippen LogP contribution in [0.2, 0.25) is 0 Å². The average Bonchev–Trinajstić information content (AvgIpc) is 3.59. The van der Waals surface area contributed by atoms with E-state index < -0.39 is 17.8 Å². The van der Waals surface area contributed by atoms with Crippen LogP contribution in [0, 0.1) is 28.6 Å². The van der Waals surface area contributed by atoms with Gasteiger partial charge in [0.25, 0.3) is 0 Å². The van der Waals surface area contributed by atoms with Crippen molar-refractivity contribution in [3.8, 4) is 12.1 Å². The normalized spacial score (nSPS) is 17.5. The van der Waals surface area contributed by atoms with Gasteiger partial charge in [0.15, 0.2) is 0 Å². The Morgan fingerprint density at radius 2 is 1.83 bits per heavy atom. The summed E-state index contributed by atoms with van der Waals surface area (Å²) in [7, 11) is 0. The molecule has 0 spiro atoms. The summed E-state index contributed by atoms with van der Waals surface area (Å²) in [6, 6.07) is 15.4. The molecule has 0 amide bonds. The number of allylic oxidation sites excluding steroid dienone is 2. The lowest BCUT2D eigenvalue weighted by Gasteiger charge is -2.34. The molecule has 10 heteroatoms. The van der Waals surface area contributed by atoms with Crippen LogP contribution in [0.1, 0.15) is 42.5 Å². The van der Waals surface area contributed by atoms with Crippen LogP contribution in [-0.2, 0) is 6.18 Å². The summed E-state index contributed by atoms with van der Waals surface area (Å²) in [5.74, 6) is 1.20. The van der Waals surface area contributed by atoms with Gasteiger partial charge in [-0.15, -0.1) is 5.10 Å². The fraction of sp³-hybridized carbons (Fsp3) is 0.280. The lowest BCUT2D eigenvalue weighted by Crippen LogP contribution is -2.31. The van der Waals surface area contributed by atoms with E-state index in [1.165, 1.54) is 11.0 Å². The Hall–Kier alpha value is -4.31. The van der Waals surface area contributed by atoms with Gasteiger partial charge in [-0.2, -0.15) is 28.7 Å². The van der Waals surface area contributed by atoms with Gasteiger partial charge in [-0.25, -0.2) is 4.68 Å². The van der Waals surface area contributed by atoms with Crippen molar-refractivity contribution >= 4 is 17.6 Å². The summed E-state index contributed by atoms with van der Waals surface area (Å²) in [5.41, 5.74) is 1.39. The molecule has 1 aromatic heterocycles. The van der Waals surface area contributed by atoms with Crippen LogP contribution in [0.4, 0.5) is 30.8 Å². The molecule has 7 nitrogen and oxygen atoms in total. The number of hydrogen-bond acceptors (Lipinski definition) is 6. The van der Waals surface area contributed by atoms with Crippen molar-refractivity contribution in [2.24, 2.45) is 5.92 Å². The Morgan fingerprint density at radius 1 is 1.09 bits per heavy atom. The van der Waals surface area contributed by atoms with Crippen molar-refractivity contribution in [2.45, 2.75) is 32.0 Å². The molecule has 1 aliphatic carbocycles. The maximum Gasteiger partial charge on any atom is 0.416 e. The molecule has 2 heterocycles. The van der Waals surface area contributed by atoms with E-state index in [1.54, 1.807) is 41.9 Å². The predicted molar refractivity (Wildman–Crippen MR) is 122 cm³/mol. The van der Waals surface area contributed by atoms with Gasteiger partial charge in [0, 0.05) is 17.9 Å². The molecule has 1 saturated carbocycles. The van der Waals surface area contributed by atoms with E-state index in [-0.39, 0.29) is 5.69 Å². The number of fused-ring (bicyclic) bond motifs is 1. The molecule has 0 radical (unpaired) electrons. The third-order valence-corrected chi connectivity index (χ3v) is 6.21. The van der Waals surface area contributed by atoms with Crippen molar-refractivity contribution in [1.82, 2.24) is 14.8 Å². The molecular formula is C25H20F3N7. The number of aromatic nitrogens is 3. The largest absolute Gasteiger partial charge is 0.416 e. The highest BCUT2D eigenvalue weighted by Crippen LogP contribution is 2.43. The second-order valence-electron chi connectivity index (χ2n) is 8.63. The molecule has 1 aliphatic heterocycles. The monoisotopic (exact) mass is 475 g/mol. The Morgan fingerprint density at radius 3 is 2.46 bits per heavy atom.